The van der Waals surface area contributed by atoms with Crippen molar-refractivity contribution in [3.8, 4) is 0 Å². The van der Waals surface area contributed by atoms with Gasteiger partial charge in [0.15, 0.2) is 0 Å². The minimum atomic E-state index is 0.726. The Labute approximate surface area is 117 Å². The average molecular weight is 258 g/mol. The molecule has 0 radical (unpaired) electrons. The van der Waals surface area contributed by atoms with Crippen LogP contribution in [0.2, 0.25) is 0 Å². The van der Waals surface area contributed by atoms with E-state index in [0.717, 1.165) is 12.0 Å². The van der Waals surface area contributed by atoms with E-state index in [-0.39, 0.29) is 0 Å². The number of likely N-dealkylation sites (N-methyl/N-ethyl adjacent to an activating group) is 1. The maximum atomic E-state index is 3.67. The van der Waals surface area contributed by atoms with Crippen LogP contribution in [0.3, 0.4) is 0 Å². The molecule has 104 valence electrons. The molecule has 1 aromatic carbocycles. The molecule has 1 N–H and O–H groups in total. The highest BCUT2D eigenvalue weighted by Gasteiger charge is 2.27. The van der Waals surface area contributed by atoms with Crippen LogP contribution in [0.15, 0.2) is 24.3 Å². The van der Waals surface area contributed by atoms with Crippen LogP contribution in [0.25, 0.3) is 0 Å². The van der Waals surface area contributed by atoms with Gasteiger partial charge in [-0.1, -0.05) is 37.6 Å². The lowest BCUT2D eigenvalue weighted by Gasteiger charge is -2.36. The maximum absolute atomic E-state index is 3.67. The average Bonchev–Trinajstić information content (AvgIpc) is 2.44. The van der Waals surface area contributed by atoms with Gasteiger partial charge in [0.05, 0.1) is 0 Å². The summed E-state index contributed by atoms with van der Waals surface area (Å²) in [6, 6.07) is 9.67. The van der Waals surface area contributed by atoms with Gasteiger partial charge in [-0.15, -0.1) is 0 Å². The largest absolute Gasteiger partial charge is 0.313 e. The van der Waals surface area contributed by atoms with Crippen LogP contribution in [-0.4, -0.2) is 37.1 Å². The fraction of sp³-hybridized carbons (Fsp3) is 0.647. The number of hydrogen-bond donors (Lipinski definition) is 1. The zero-order valence-corrected chi connectivity index (χ0v) is 12.1. The van der Waals surface area contributed by atoms with Gasteiger partial charge >= 0.3 is 0 Å². The third kappa shape index (κ3) is 3.01. The normalized spacial score (nSPS) is 26.0. The first-order chi connectivity index (χ1) is 9.36. The first-order valence-electron chi connectivity index (χ1n) is 7.90. The van der Waals surface area contributed by atoms with Crippen LogP contribution >= 0.6 is 0 Å². The highest BCUT2D eigenvalue weighted by Crippen LogP contribution is 2.35. The number of benzene rings is 1. The molecule has 1 heterocycles. The van der Waals surface area contributed by atoms with Crippen molar-refractivity contribution in [1.29, 1.82) is 0 Å². The summed E-state index contributed by atoms with van der Waals surface area (Å²) in [6.45, 7) is 7.17. The van der Waals surface area contributed by atoms with Crippen molar-refractivity contribution in [2.24, 2.45) is 0 Å². The third-order valence-corrected chi connectivity index (χ3v) is 4.78. The van der Waals surface area contributed by atoms with Gasteiger partial charge in [-0.05, 0) is 43.5 Å². The molecule has 1 aliphatic heterocycles. The molecule has 1 fully saturated rings. The summed E-state index contributed by atoms with van der Waals surface area (Å²) < 4.78 is 0. The van der Waals surface area contributed by atoms with Crippen molar-refractivity contribution in [1.82, 2.24) is 10.2 Å². The van der Waals surface area contributed by atoms with Crippen LogP contribution in [0.4, 0.5) is 0 Å². The molecule has 2 aliphatic rings. The number of hydrogen-bond acceptors (Lipinski definition) is 2. The summed E-state index contributed by atoms with van der Waals surface area (Å²) in [5, 5.41) is 3.67. The van der Waals surface area contributed by atoms with Crippen LogP contribution in [0, 0.1) is 0 Å². The predicted octanol–water partition coefficient (Wildman–Crippen LogP) is 2.79. The molecule has 0 amide bonds. The molecular formula is C17H26N2. The van der Waals surface area contributed by atoms with Gasteiger partial charge in [-0.25, -0.2) is 0 Å². The van der Waals surface area contributed by atoms with E-state index in [1.807, 2.05) is 0 Å². The van der Waals surface area contributed by atoms with Crippen molar-refractivity contribution in [2.45, 2.75) is 44.6 Å². The van der Waals surface area contributed by atoms with Gasteiger partial charge in [-0.2, -0.15) is 0 Å². The monoisotopic (exact) mass is 258 g/mol. The number of rotatable bonds is 5. The van der Waals surface area contributed by atoms with E-state index in [0.29, 0.717) is 0 Å². The Bertz CT molecular complexity index is 409. The van der Waals surface area contributed by atoms with Gasteiger partial charge in [-0.3, -0.25) is 0 Å². The highest BCUT2D eigenvalue weighted by atomic mass is 15.1. The summed E-state index contributed by atoms with van der Waals surface area (Å²) >= 11 is 0. The zero-order valence-electron chi connectivity index (χ0n) is 12.1. The van der Waals surface area contributed by atoms with E-state index in [9.17, 15) is 0 Å². The Morgan fingerprint density at radius 3 is 2.84 bits per heavy atom. The van der Waals surface area contributed by atoms with E-state index in [1.54, 1.807) is 11.1 Å². The molecule has 19 heavy (non-hydrogen) atoms. The number of fused-ring (bicyclic) bond motifs is 1. The quantitative estimate of drug-likeness (QED) is 0.873. The zero-order chi connectivity index (χ0) is 13.1. The lowest BCUT2D eigenvalue weighted by atomic mass is 9.77. The van der Waals surface area contributed by atoms with Crippen molar-refractivity contribution < 1.29 is 0 Å². The van der Waals surface area contributed by atoms with E-state index in [1.165, 1.54) is 51.9 Å². The van der Waals surface area contributed by atoms with Gasteiger partial charge in [0.25, 0.3) is 0 Å². The fourth-order valence-electron chi connectivity index (χ4n) is 3.56. The summed E-state index contributed by atoms with van der Waals surface area (Å²) in [5.41, 5.74) is 3.16. The van der Waals surface area contributed by atoms with Crippen molar-refractivity contribution in [3.63, 3.8) is 0 Å². The smallest absolute Gasteiger partial charge is 0.0195 e. The van der Waals surface area contributed by atoms with E-state index >= 15 is 0 Å². The predicted molar refractivity (Wildman–Crippen MR) is 80.6 cm³/mol. The first kappa shape index (κ1) is 13.1. The summed E-state index contributed by atoms with van der Waals surface area (Å²) in [5.74, 6) is 0.778. The van der Waals surface area contributed by atoms with Gasteiger partial charge < -0.3 is 10.2 Å². The Morgan fingerprint density at radius 1 is 1.21 bits per heavy atom. The Morgan fingerprint density at radius 2 is 2.11 bits per heavy atom. The number of nitrogens with one attached hydrogen (secondary N) is 1. The van der Waals surface area contributed by atoms with Gasteiger partial charge in [0.2, 0.25) is 0 Å². The van der Waals surface area contributed by atoms with Crippen LogP contribution in [0.5, 0.6) is 0 Å². The highest BCUT2D eigenvalue weighted by molar-refractivity contribution is 5.40. The minimum absolute atomic E-state index is 0.726. The summed E-state index contributed by atoms with van der Waals surface area (Å²) in [7, 11) is 0. The number of nitrogens with zero attached hydrogens (tertiary/aromatic N) is 1. The Hall–Kier alpha value is -0.860. The molecule has 3 rings (SSSR count). The Kier molecular flexibility index (Phi) is 4.19. The molecule has 2 unspecified atom stereocenters. The van der Waals surface area contributed by atoms with Gasteiger partial charge in [0, 0.05) is 25.0 Å². The topological polar surface area (TPSA) is 15.3 Å². The second-order valence-electron chi connectivity index (χ2n) is 6.10. The van der Waals surface area contributed by atoms with E-state index < -0.39 is 0 Å². The fourth-order valence-corrected chi connectivity index (χ4v) is 3.56. The van der Waals surface area contributed by atoms with Crippen molar-refractivity contribution >= 4 is 0 Å². The molecule has 1 aliphatic carbocycles. The molecule has 0 saturated carbocycles. The molecule has 0 bridgehead atoms. The summed E-state index contributed by atoms with van der Waals surface area (Å²) in [4.78, 5) is 2.64. The molecular weight excluding hydrogens is 232 g/mol. The first-order valence-corrected chi connectivity index (χ1v) is 7.90. The molecule has 0 aromatic heterocycles. The summed E-state index contributed by atoms with van der Waals surface area (Å²) in [6.07, 6.45) is 5.41. The molecule has 0 spiro atoms. The van der Waals surface area contributed by atoms with E-state index in [2.05, 4.69) is 41.4 Å². The molecule has 1 aromatic rings. The van der Waals surface area contributed by atoms with Crippen molar-refractivity contribution in [2.75, 3.05) is 26.2 Å². The molecule has 2 heteroatoms. The maximum Gasteiger partial charge on any atom is 0.0195 e. The Balaban J connectivity index is 1.53. The molecule has 2 nitrogen and oxygen atoms in total. The molecule has 1 saturated heterocycles. The molecule has 2 atom stereocenters. The van der Waals surface area contributed by atoms with Crippen molar-refractivity contribution in [3.05, 3.63) is 35.4 Å². The second-order valence-corrected chi connectivity index (χ2v) is 6.10. The van der Waals surface area contributed by atoms with E-state index in [4.69, 9.17) is 0 Å². The lowest BCUT2D eigenvalue weighted by molar-refractivity contribution is 0.216. The van der Waals surface area contributed by atoms with Crippen LogP contribution in [0.1, 0.15) is 43.2 Å². The minimum Gasteiger partial charge on any atom is -0.313 e. The second kappa shape index (κ2) is 6.06. The standard InChI is InChI=1S/C17H26N2/c1-2-19(13-16-8-5-6-10-18-16)12-15-11-14-7-3-4-9-17(14)15/h3-4,7,9,15-16,18H,2,5-6,8,10-13H2,1H3. The third-order valence-electron chi connectivity index (χ3n) is 4.78. The lowest BCUT2D eigenvalue weighted by Crippen LogP contribution is -2.45. The van der Waals surface area contributed by atoms with Crippen LogP contribution in [-0.2, 0) is 6.42 Å². The number of piperidine rings is 1. The SMILES string of the molecule is CCN(CC1CCCCN1)CC1Cc2ccccc21. The van der Waals surface area contributed by atoms with Gasteiger partial charge in [0.1, 0.15) is 0 Å². The van der Waals surface area contributed by atoms with Crippen LogP contribution < -0.4 is 5.32 Å².